The predicted molar refractivity (Wildman–Crippen MR) is 64.7 cm³/mol. The highest BCUT2D eigenvalue weighted by Crippen LogP contribution is 2.44. The van der Waals surface area contributed by atoms with Crippen molar-refractivity contribution < 1.29 is 22.8 Å². The van der Waals surface area contributed by atoms with Gasteiger partial charge in [-0.3, -0.25) is 4.79 Å². The Balaban J connectivity index is 2.10. The first kappa shape index (κ1) is 12.8. The Labute approximate surface area is 113 Å². The van der Waals surface area contributed by atoms with E-state index in [1.807, 2.05) is 0 Å². The van der Waals surface area contributed by atoms with E-state index in [1.165, 1.54) is 6.07 Å². The van der Waals surface area contributed by atoms with E-state index in [4.69, 9.17) is 9.26 Å². The SMILES string of the molecule is O=COCc1c(-c2c(F)cccc2F)noc1C1CC1. The van der Waals surface area contributed by atoms with Gasteiger partial charge in [0.05, 0.1) is 11.1 Å². The minimum absolute atomic E-state index is 0.0596. The van der Waals surface area contributed by atoms with Crippen LogP contribution in [0.3, 0.4) is 0 Å². The van der Waals surface area contributed by atoms with Crippen LogP contribution in [0.1, 0.15) is 30.1 Å². The molecule has 0 N–H and O–H groups in total. The number of carbonyl (C=O) groups is 1. The van der Waals surface area contributed by atoms with Crippen molar-refractivity contribution in [3.8, 4) is 11.3 Å². The molecule has 0 saturated heterocycles. The lowest BCUT2D eigenvalue weighted by Crippen LogP contribution is -1.98. The summed E-state index contributed by atoms with van der Waals surface area (Å²) in [6.07, 6.45) is 1.87. The van der Waals surface area contributed by atoms with Crippen LogP contribution < -0.4 is 0 Å². The maximum absolute atomic E-state index is 13.8. The molecule has 0 unspecified atom stereocenters. The molecule has 4 nitrogen and oxygen atoms in total. The molecule has 0 bridgehead atoms. The Morgan fingerprint density at radius 3 is 2.65 bits per heavy atom. The normalized spacial score (nSPS) is 14.3. The second kappa shape index (κ2) is 5.03. The Kier molecular flexibility index (Phi) is 3.22. The van der Waals surface area contributed by atoms with Crippen molar-refractivity contribution in [2.75, 3.05) is 0 Å². The minimum atomic E-state index is -0.729. The highest BCUT2D eigenvalue weighted by atomic mass is 19.1. The van der Waals surface area contributed by atoms with E-state index >= 15 is 0 Å². The van der Waals surface area contributed by atoms with Gasteiger partial charge in [-0.25, -0.2) is 8.78 Å². The summed E-state index contributed by atoms with van der Waals surface area (Å²) in [6.45, 7) is 0.174. The van der Waals surface area contributed by atoms with Crippen LogP contribution in [-0.2, 0) is 16.1 Å². The molecule has 2 aromatic rings. The molecule has 1 aliphatic carbocycles. The molecule has 0 spiro atoms. The van der Waals surface area contributed by atoms with Gasteiger partial charge in [0.15, 0.2) is 0 Å². The third-order valence-corrected chi connectivity index (χ3v) is 3.26. The van der Waals surface area contributed by atoms with Crippen LogP contribution in [0.2, 0.25) is 0 Å². The number of hydrogen-bond donors (Lipinski definition) is 0. The van der Waals surface area contributed by atoms with Gasteiger partial charge in [-0.1, -0.05) is 11.2 Å². The number of aromatic nitrogens is 1. The first-order valence-electron chi connectivity index (χ1n) is 6.20. The van der Waals surface area contributed by atoms with Crippen LogP contribution in [0, 0.1) is 11.6 Å². The van der Waals surface area contributed by atoms with Crippen molar-refractivity contribution in [2.24, 2.45) is 0 Å². The summed E-state index contributed by atoms with van der Waals surface area (Å²) in [5, 5.41) is 3.77. The molecule has 20 heavy (non-hydrogen) atoms. The monoisotopic (exact) mass is 279 g/mol. The molecule has 1 saturated carbocycles. The maximum Gasteiger partial charge on any atom is 0.293 e. The molecule has 1 aromatic carbocycles. The number of carbonyl (C=O) groups excluding carboxylic acids is 1. The van der Waals surface area contributed by atoms with Crippen molar-refractivity contribution in [3.63, 3.8) is 0 Å². The molecule has 0 radical (unpaired) electrons. The van der Waals surface area contributed by atoms with Crippen LogP contribution in [0.25, 0.3) is 11.3 Å². The molecule has 6 heteroatoms. The minimum Gasteiger partial charge on any atom is -0.463 e. The number of nitrogens with zero attached hydrogens (tertiary/aromatic N) is 1. The molecule has 1 aliphatic rings. The van der Waals surface area contributed by atoms with Gasteiger partial charge in [-0.05, 0) is 25.0 Å². The standard InChI is InChI=1S/C14H11F2NO3/c15-10-2-1-3-11(16)12(10)13-9(6-19-7-18)14(20-17-13)8-4-5-8/h1-3,7-8H,4-6H2. The molecule has 1 heterocycles. The van der Waals surface area contributed by atoms with Gasteiger partial charge in [0.25, 0.3) is 6.47 Å². The Hall–Kier alpha value is -2.24. The molecule has 1 aromatic heterocycles. The van der Waals surface area contributed by atoms with E-state index in [9.17, 15) is 13.6 Å². The number of rotatable bonds is 5. The average molecular weight is 279 g/mol. The fourth-order valence-electron chi connectivity index (χ4n) is 2.17. The summed E-state index contributed by atoms with van der Waals surface area (Å²) < 4.78 is 37.6. The van der Waals surface area contributed by atoms with Gasteiger partial charge in [-0.2, -0.15) is 0 Å². The molecular weight excluding hydrogens is 268 g/mol. The second-order valence-corrected chi connectivity index (χ2v) is 4.65. The van der Waals surface area contributed by atoms with Crippen molar-refractivity contribution in [3.05, 3.63) is 41.2 Å². The first-order valence-corrected chi connectivity index (χ1v) is 6.20. The Bertz CT molecular complexity index is 630. The lowest BCUT2D eigenvalue weighted by Gasteiger charge is -2.04. The van der Waals surface area contributed by atoms with Crippen LogP contribution in [0.4, 0.5) is 8.78 Å². The summed E-state index contributed by atoms with van der Waals surface area (Å²) in [4.78, 5) is 10.4. The highest BCUT2D eigenvalue weighted by Gasteiger charge is 2.33. The van der Waals surface area contributed by atoms with Crippen molar-refractivity contribution in [1.82, 2.24) is 5.16 Å². The summed E-state index contributed by atoms with van der Waals surface area (Å²) in [5.41, 5.74) is 0.237. The lowest BCUT2D eigenvalue weighted by atomic mass is 10.0. The Morgan fingerprint density at radius 2 is 2.05 bits per heavy atom. The molecule has 1 fully saturated rings. The summed E-state index contributed by atoms with van der Waals surface area (Å²) >= 11 is 0. The lowest BCUT2D eigenvalue weighted by molar-refractivity contribution is -0.129. The van der Waals surface area contributed by atoms with Crippen molar-refractivity contribution in [2.45, 2.75) is 25.4 Å². The van der Waals surface area contributed by atoms with Crippen LogP contribution in [0.5, 0.6) is 0 Å². The van der Waals surface area contributed by atoms with Crippen molar-refractivity contribution >= 4 is 6.47 Å². The van der Waals surface area contributed by atoms with Crippen molar-refractivity contribution in [1.29, 1.82) is 0 Å². The summed E-state index contributed by atoms with van der Waals surface area (Å²) in [7, 11) is 0. The van der Waals surface area contributed by atoms with E-state index in [-0.39, 0.29) is 30.3 Å². The van der Waals surface area contributed by atoms with E-state index in [1.54, 1.807) is 0 Å². The first-order chi connectivity index (χ1) is 9.72. The van der Waals surface area contributed by atoms with Gasteiger partial charge in [0.1, 0.15) is 29.7 Å². The number of benzene rings is 1. The van der Waals surface area contributed by atoms with Gasteiger partial charge in [-0.15, -0.1) is 0 Å². The third kappa shape index (κ3) is 2.17. The second-order valence-electron chi connectivity index (χ2n) is 4.65. The molecular formula is C14H11F2NO3. The van der Waals surface area contributed by atoms with Crippen LogP contribution in [0.15, 0.2) is 22.7 Å². The molecule has 104 valence electrons. The van der Waals surface area contributed by atoms with Gasteiger partial charge in [0, 0.05) is 5.92 Å². The number of halogens is 2. The summed E-state index contributed by atoms with van der Waals surface area (Å²) in [6, 6.07) is 3.57. The van der Waals surface area contributed by atoms with Gasteiger partial charge in [0.2, 0.25) is 0 Å². The van der Waals surface area contributed by atoms with E-state index < -0.39 is 11.6 Å². The average Bonchev–Trinajstić information content (AvgIpc) is 3.19. The van der Waals surface area contributed by atoms with E-state index in [0.717, 1.165) is 25.0 Å². The largest absolute Gasteiger partial charge is 0.463 e. The zero-order chi connectivity index (χ0) is 14.1. The topological polar surface area (TPSA) is 52.3 Å². The molecule has 0 aliphatic heterocycles. The smallest absolute Gasteiger partial charge is 0.293 e. The summed E-state index contributed by atoms with van der Waals surface area (Å²) in [5.74, 6) is -0.721. The zero-order valence-electron chi connectivity index (χ0n) is 10.4. The van der Waals surface area contributed by atoms with Crippen LogP contribution >= 0.6 is 0 Å². The van der Waals surface area contributed by atoms with Gasteiger partial charge < -0.3 is 9.26 Å². The molecule has 3 rings (SSSR count). The number of ether oxygens (including phenoxy) is 1. The molecule has 0 atom stereocenters. The molecule has 0 amide bonds. The number of hydrogen-bond acceptors (Lipinski definition) is 4. The van der Waals surface area contributed by atoms with E-state index in [0.29, 0.717) is 11.3 Å². The van der Waals surface area contributed by atoms with Gasteiger partial charge >= 0.3 is 0 Å². The fourth-order valence-corrected chi connectivity index (χ4v) is 2.17. The zero-order valence-corrected chi connectivity index (χ0v) is 10.4. The predicted octanol–water partition coefficient (Wildman–Crippen LogP) is 3.17. The quantitative estimate of drug-likeness (QED) is 0.789. The maximum atomic E-state index is 13.8. The highest BCUT2D eigenvalue weighted by molar-refractivity contribution is 5.65. The Morgan fingerprint density at radius 1 is 1.35 bits per heavy atom. The van der Waals surface area contributed by atoms with E-state index in [2.05, 4.69) is 5.16 Å². The fraction of sp³-hybridized carbons (Fsp3) is 0.286. The third-order valence-electron chi connectivity index (χ3n) is 3.26. The van der Waals surface area contributed by atoms with Crippen LogP contribution in [-0.4, -0.2) is 11.6 Å².